The van der Waals surface area contributed by atoms with Crippen LogP contribution in [0.15, 0.2) is 0 Å². The number of carbonyl (C=O) groups excluding carboxylic acids is 1. The maximum absolute atomic E-state index is 11.9. The lowest BCUT2D eigenvalue weighted by Gasteiger charge is -2.29. The van der Waals surface area contributed by atoms with Crippen LogP contribution in [0.4, 0.5) is 0 Å². The average Bonchev–Trinajstić information content (AvgIpc) is 2.34. The Morgan fingerprint density at radius 2 is 2.06 bits per heavy atom. The summed E-state index contributed by atoms with van der Waals surface area (Å²) >= 11 is 0. The number of likely N-dealkylation sites (tertiary alicyclic amines) is 1. The first-order chi connectivity index (χ1) is 7.75. The van der Waals surface area contributed by atoms with Crippen LogP contribution in [0.5, 0.6) is 0 Å². The highest BCUT2D eigenvalue weighted by Crippen LogP contribution is 2.10. The third-order valence-electron chi connectivity index (χ3n) is 2.91. The molecule has 1 amide bonds. The SMILES string of the molecule is CCNCCOC(C)C(=O)N1CCCCC1. The molecule has 1 N–H and O–H groups in total. The molecule has 4 nitrogen and oxygen atoms in total. The van der Waals surface area contributed by atoms with Crippen molar-refractivity contribution in [3.05, 3.63) is 0 Å². The number of amides is 1. The van der Waals surface area contributed by atoms with E-state index in [1.807, 2.05) is 11.8 Å². The summed E-state index contributed by atoms with van der Waals surface area (Å²) in [5, 5.41) is 3.17. The van der Waals surface area contributed by atoms with E-state index in [4.69, 9.17) is 4.74 Å². The van der Waals surface area contributed by atoms with Gasteiger partial charge in [-0.3, -0.25) is 4.79 Å². The van der Waals surface area contributed by atoms with Gasteiger partial charge in [-0.05, 0) is 32.7 Å². The Kier molecular flexibility index (Phi) is 6.42. The molecule has 0 radical (unpaired) electrons. The normalized spacial score (nSPS) is 18.5. The standard InChI is InChI=1S/C12H24N2O2/c1-3-13-7-10-16-11(2)12(15)14-8-5-4-6-9-14/h11,13H,3-10H2,1-2H3. The molecule has 1 aliphatic heterocycles. The van der Waals surface area contributed by atoms with Gasteiger partial charge in [-0.1, -0.05) is 6.92 Å². The van der Waals surface area contributed by atoms with Crippen molar-refractivity contribution < 1.29 is 9.53 Å². The maximum atomic E-state index is 11.9. The molecule has 1 heterocycles. The minimum Gasteiger partial charge on any atom is -0.367 e. The largest absolute Gasteiger partial charge is 0.367 e. The van der Waals surface area contributed by atoms with E-state index in [9.17, 15) is 4.79 Å². The van der Waals surface area contributed by atoms with Crippen LogP contribution in [0, 0.1) is 0 Å². The lowest BCUT2D eigenvalue weighted by molar-refractivity contribution is -0.143. The lowest BCUT2D eigenvalue weighted by atomic mass is 10.1. The first kappa shape index (κ1) is 13.5. The molecule has 1 rings (SSSR count). The molecule has 1 fully saturated rings. The fourth-order valence-electron chi connectivity index (χ4n) is 1.93. The summed E-state index contributed by atoms with van der Waals surface area (Å²) in [6.07, 6.45) is 3.22. The molecule has 16 heavy (non-hydrogen) atoms. The molecular formula is C12H24N2O2. The Bertz CT molecular complexity index is 203. The number of likely N-dealkylation sites (N-methyl/N-ethyl adjacent to an activating group) is 1. The Labute approximate surface area is 98.3 Å². The molecule has 94 valence electrons. The van der Waals surface area contributed by atoms with E-state index in [1.165, 1.54) is 6.42 Å². The van der Waals surface area contributed by atoms with Crippen LogP contribution < -0.4 is 5.32 Å². The van der Waals surface area contributed by atoms with E-state index in [2.05, 4.69) is 12.2 Å². The summed E-state index contributed by atoms with van der Waals surface area (Å²) in [4.78, 5) is 13.9. The number of rotatable bonds is 6. The van der Waals surface area contributed by atoms with Crippen molar-refractivity contribution >= 4 is 5.91 Å². The molecule has 0 aromatic rings. The van der Waals surface area contributed by atoms with E-state index in [-0.39, 0.29) is 12.0 Å². The zero-order valence-corrected chi connectivity index (χ0v) is 10.5. The number of hydrogen-bond donors (Lipinski definition) is 1. The molecule has 0 aromatic carbocycles. The second kappa shape index (κ2) is 7.63. The van der Waals surface area contributed by atoms with E-state index < -0.39 is 0 Å². The summed E-state index contributed by atoms with van der Waals surface area (Å²) in [6.45, 7) is 8.07. The first-order valence-corrected chi connectivity index (χ1v) is 6.36. The third kappa shape index (κ3) is 4.49. The number of hydrogen-bond acceptors (Lipinski definition) is 3. The first-order valence-electron chi connectivity index (χ1n) is 6.36. The Hall–Kier alpha value is -0.610. The zero-order chi connectivity index (χ0) is 11.8. The molecular weight excluding hydrogens is 204 g/mol. The molecule has 0 bridgehead atoms. The highest BCUT2D eigenvalue weighted by atomic mass is 16.5. The summed E-state index contributed by atoms with van der Waals surface area (Å²) in [6, 6.07) is 0. The Balaban J connectivity index is 2.18. The summed E-state index contributed by atoms with van der Waals surface area (Å²) < 4.78 is 5.51. The second-order valence-corrected chi connectivity index (χ2v) is 4.25. The van der Waals surface area contributed by atoms with Gasteiger partial charge < -0.3 is 15.0 Å². The number of nitrogens with one attached hydrogen (secondary N) is 1. The smallest absolute Gasteiger partial charge is 0.251 e. The van der Waals surface area contributed by atoms with Crippen molar-refractivity contribution in [2.45, 2.75) is 39.2 Å². The Morgan fingerprint density at radius 3 is 2.69 bits per heavy atom. The molecule has 1 aliphatic rings. The summed E-state index contributed by atoms with van der Waals surface area (Å²) in [5.41, 5.74) is 0. The van der Waals surface area contributed by atoms with E-state index >= 15 is 0 Å². The van der Waals surface area contributed by atoms with Gasteiger partial charge in [0.1, 0.15) is 6.10 Å². The van der Waals surface area contributed by atoms with Gasteiger partial charge in [-0.2, -0.15) is 0 Å². The van der Waals surface area contributed by atoms with Crippen molar-refractivity contribution in [2.24, 2.45) is 0 Å². The van der Waals surface area contributed by atoms with Gasteiger partial charge in [0.25, 0.3) is 5.91 Å². The van der Waals surface area contributed by atoms with Crippen LogP contribution in [-0.4, -0.2) is 49.7 Å². The molecule has 0 saturated carbocycles. The van der Waals surface area contributed by atoms with Crippen molar-refractivity contribution in [1.82, 2.24) is 10.2 Å². The summed E-state index contributed by atoms with van der Waals surface area (Å²) in [7, 11) is 0. The molecule has 1 saturated heterocycles. The zero-order valence-electron chi connectivity index (χ0n) is 10.5. The van der Waals surface area contributed by atoms with Crippen LogP contribution in [0.25, 0.3) is 0 Å². The number of carbonyl (C=O) groups is 1. The average molecular weight is 228 g/mol. The second-order valence-electron chi connectivity index (χ2n) is 4.25. The van der Waals surface area contributed by atoms with E-state index in [0.29, 0.717) is 6.61 Å². The monoisotopic (exact) mass is 228 g/mol. The minimum absolute atomic E-state index is 0.149. The predicted octanol–water partition coefficient (Wildman–Crippen LogP) is 1.01. The fraction of sp³-hybridized carbons (Fsp3) is 0.917. The fourth-order valence-corrected chi connectivity index (χ4v) is 1.93. The number of ether oxygens (including phenoxy) is 1. The van der Waals surface area contributed by atoms with Gasteiger partial charge in [0.2, 0.25) is 0 Å². The van der Waals surface area contributed by atoms with Gasteiger partial charge in [-0.25, -0.2) is 0 Å². The van der Waals surface area contributed by atoms with Gasteiger partial charge in [-0.15, -0.1) is 0 Å². The van der Waals surface area contributed by atoms with Gasteiger partial charge in [0.05, 0.1) is 6.61 Å². The minimum atomic E-state index is -0.295. The third-order valence-corrected chi connectivity index (χ3v) is 2.91. The topological polar surface area (TPSA) is 41.6 Å². The highest BCUT2D eigenvalue weighted by molar-refractivity contribution is 5.80. The molecule has 0 aliphatic carbocycles. The molecule has 0 aromatic heterocycles. The van der Waals surface area contributed by atoms with Gasteiger partial charge in [0, 0.05) is 19.6 Å². The van der Waals surface area contributed by atoms with Gasteiger partial charge >= 0.3 is 0 Å². The summed E-state index contributed by atoms with van der Waals surface area (Å²) in [5.74, 6) is 0.149. The van der Waals surface area contributed by atoms with E-state index in [0.717, 1.165) is 39.0 Å². The number of nitrogens with zero attached hydrogens (tertiary/aromatic N) is 1. The maximum Gasteiger partial charge on any atom is 0.251 e. The van der Waals surface area contributed by atoms with Crippen molar-refractivity contribution in [1.29, 1.82) is 0 Å². The predicted molar refractivity (Wildman–Crippen MR) is 64.4 cm³/mol. The van der Waals surface area contributed by atoms with Crippen LogP contribution in [0.3, 0.4) is 0 Å². The highest BCUT2D eigenvalue weighted by Gasteiger charge is 2.22. The van der Waals surface area contributed by atoms with Crippen LogP contribution in [0.1, 0.15) is 33.1 Å². The van der Waals surface area contributed by atoms with Crippen molar-refractivity contribution in [3.63, 3.8) is 0 Å². The lowest BCUT2D eigenvalue weighted by Crippen LogP contribution is -2.42. The van der Waals surface area contributed by atoms with Crippen molar-refractivity contribution in [2.75, 3.05) is 32.8 Å². The number of piperidine rings is 1. The quantitative estimate of drug-likeness (QED) is 0.690. The Morgan fingerprint density at radius 1 is 1.38 bits per heavy atom. The van der Waals surface area contributed by atoms with Gasteiger partial charge in [0.15, 0.2) is 0 Å². The van der Waals surface area contributed by atoms with Crippen LogP contribution in [-0.2, 0) is 9.53 Å². The molecule has 4 heteroatoms. The molecule has 1 unspecified atom stereocenters. The van der Waals surface area contributed by atoms with E-state index in [1.54, 1.807) is 0 Å². The molecule has 1 atom stereocenters. The molecule has 0 spiro atoms. The van der Waals surface area contributed by atoms with Crippen LogP contribution >= 0.6 is 0 Å². The van der Waals surface area contributed by atoms with Crippen LogP contribution in [0.2, 0.25) is 0 Å². The van der Waals surface area contributed by atoms with Crippen molar-refractivity contribution in [3.8, 4) is 0 Å².